The van der Waals surface area contributed by atoms with Gasteiger partial charge in [-0.1, -0.05) is 11.6 Å². The number of aryl methyl sites for hydroxylation is 1. The lowest BCUT2D eigenvalue weighted by atomic mass is 10.1. The first kappa shape index (κ1) is 17.0. The lowest BCUT2D eigenvalue weighted by Gasteiger charge is -2.16. The van der Waals surface area contributed by atoms with E-state index in [4.69, 9.17) is 11.6 Å². The topological polar surface area (TPSA) is 85.0 Å². The van der Waals surface area contributed by atoms with Crippen LogP contribution in [-0.4, -0.2) is 42.7 Å². The van der Waals surface area contributed by atoms with E-state index in [1.807, 2.05) is 16.9 Å². The minimum Gasteiger partial charge on any atom is -0.391 e. The smallest absolute Gasteiger partial charge is 0.220 e. The van der Waals surface area contributed by atoms with E-state index in [1.54, 1.807) is 23.3 Å². The van der Waals surface area contributed by atoms with Crippen LogP contribution in [0.2, 0.25) is 5.02 Å². The quantitative estimate of drug-likeness (QED) is 0.791. The highest BCUT2D eigenvalue weighted by Gasteiger charge is 2.34. The molecule has 2 N–H and O–H groups in total. The summed E-state index contributed by atoms with van der Waals surface area (Å²) in [4.78, 5) is 12.1. The average Bonchev–Trinajstić information content (AvgIpc) is 3.24. The second kappa shape index (κ2) is 7.81. The van der Waals surface area contributed by atoms with Crippen molar-refractivity contribution < 1.29 is 9.90 Å². The molecule has 0 aromatic carbocycles. The number of carbonyl (C=O) groups is 1. The molecule has 1 aliphatic rings. The van der Waals surface area contributed by atoms with Crippen LogP contribution in [0.5, 0.6) is 0 Å². The summed E-state index contributed by atoms with van der Waals surface area (Å²) in [6.07, 6.45) is 9.05. The first-order valence-electron chi connectivity index (χ1n) is 8.23. The number of hydrogen-bond acceptors (Lipinski definition) is 4. The van der Waals surface area contributed by atoms with E-state index in [9.17, 15) is 9.90 Å². The standard InChI is InChI=1S/C16H22ClN5O2/c17-13-9-19-22(11-13)10-12-7-14(15(23)8-12)20-16(24)3-1-5-21-6-2-4-18-21/h2,4,6,9,11-12,14-15,23H,1,3,5,7-8,10H2,(H,20,24)/t12?,14-,15-/m1/s1. The van der Waals surface area contributed by atoms with Gasteiger partial charge in [-0.15, -0.1) is 0 Å². The van der Waals surface area contributed by atoms with E-state index in [2.05, 4.69) is 15.5 Å². The Morgan fingerprint density at radius 1 is 1.38 bits per heavy atom. The highest BCUT2D eigenvalue weighted by atomic mass is 35.5. The van der Waals surface area contributed by atoms with E-state index in [1.165, 1.54) is 0 Å². The van der Waals surface area contributed by atoms with Gasteiger partial charge in [0, 0.05) is 38.1 Å². The van der Waals surface area contributed by atoms with Gasteiger partial charge in [-0.25, -0.2) is 0 Å². The third-order valence-corrected chi connectivity index (χ3v) is 4.57. The monoisotopic (exact) mass is 351 g/mol. The molecule has 24 heavy (non-hydrogen) atoms. The predicted molar refractivity (Wildman–Crippen MR) is 89.4 cm³/mol. The molecule has 0 bridgehead atoms. The number of aromatic nitrogens is 4. The summed E-state index contributed by atoms with van der Waals surface area (Å²) in [6.45, 7) is 1.42. The molecule has 3 rings (SSSR count). The van der Waals surface area contributed by atoms with Gasteiger partial charge in [0.25, 0.3) is 0 Å². The van der Waals surface area contributed by atoms with Crippen molar-refractivity contribution in [3.8, 4) is 0 Å². The van der Waals surface area contributed by atoms with Crippen LogP contribution in [-0.2, 0) is 17.9 Å². The van der Waals surface area contributed by atoms with Gasteiger partial charge in [-0.05, 0) is 31.2 Å². The molecular weight excluding hydrogens is 330 g/mol. The Morgan fingerprint density at radius 2 is 2.25 bits per heavy atom. The van der Waals surface area contributed by atoms with Crippen LogP contribution in [0.15, 0.2) is 30.9 Å². The number of aliphatic hydroxyl groups excluding tert-OH is 1. The van der Waals surface area contributed by atoms with Crippen LogP contribution in [0.1, 0.15) is 25.7 Å². The Morgan fingerprint density at radius 3 is 2.96 bits per heavy atom. The SMILES string of the molecule is O=C(CCCn1cccn1)N[C@@H]1CC(Cn2cc(Cl)cn2)C[C@H]1O. The number of rotatable bonds is 7. The molecule has 1 aliphatic carbocycles. The van der Waals surface area contributed by atoms with Gasteiger partial charge >= 0.3 is 0 Å². The molecule has 0 spiro atoms. The van der Waals surface area contributed by atoms with Crippen molar-refractivity contribution in [3.63, 3.8) is 0 Å². The molecule has 2 aromatic rings. The van der Waals surface area contributed by atoms with Gasteiger partial charge in [0.15, 0.2) is 0 Å². The number of nitrogens with zero attached hydrogens (tertiary/aromatic N) is 4. The Bertz CT molecular complexity index is 657. The highest BCUT2D eigenvalue weighted by molar-refractivity contribution is 6.30. The summed E-state index contributed by atoms with van der Waals surface area (Å²) in [5.74, 6) is 0.263. The van der Waals surface area contributed by atoms with Crippen LogP contribution in [0.3, 0.4) is 0 Å². The number of aliphatic hydroxyl groups is 1. The maximum Gasteiger partial charge on any atom is 0.220 e. The molecule has 1 fully saturated rings. The molecule has 1 amide bonds. The second-order valence-corrected chi connectivity index (χ2v) is 6.77. The normalized spacial score (nSPS) is 23.5. The van der Waals surface area contributed by atoms with E-state index < -0.39 is 6.10 Å². The molecule has 3 atom stereocenters. The van der Waals surface area contributed by atoms with Crippen molar-refractivity contribution in [2.24, 2.45) is 5.92 Å². The van der Waals surface area contributed by atoms with Gasteiger partial charge in [0.1, 0.15) is 0 Å². The Labute approximate surface area is 145 Å². The van der Waals surface area contributed by atoms with Crippen molar-refractivity contribution in [2.75, 3.05) is 0 Å². The molecule has 1 unspecified atom stereocenters. The molecule has 0 saturated heterocycles. The van der Waals surface area contributed by atoms with E-state index in [0.717, 1.165) is 19.4 Å². The van der Waals surface area contributed by atoms with Crippen LogP contribution in [0.4, 0.5) is 0 Å². The third kappa shape index (κ3) is 4.58. The molecule has 0 aliphatic heterocycles. The number of nitrogens with one attached hydrogen (secondary N) is 1. The molecular formula is C16H22ClN5O2. The van der Waals surface area contributed by atoms with Gasteiger partial charge in [0.2, 0.25) is 5.91 Å². The van der Waals surface area contributed by atoms with Crippen LogP contribution in [0.25, 0.3) is 0 Å². The van der Waals surface area contributed by atoms with Crippen LogP contribution in [0, 0.1) is 5.92 Å². The van der Waals surface area contributed by atoms with Gasteiger partial charge < -0.3 is 10.4 Å². The zero-order valence-corrected chi connectivity index (χ0v) is 14.1. The maximum absolute atomic E-state index is 12.1. The van der Waals surface area contributed by atoms with Gasteiger partial charge in [-0.3, -0.25) is 14.2 Å². The number of hydrogen-bond donors (Lipinski definition) is 2. The molecule has 1 saturated carbocycles. The largest absolute Gasteiger partial charge is 0.391 e. The summed E-state index contributed by atoms with van der Waals surface area (Å²) in [7, 11) is 0. The second-order valence-electron chi connectivity index (χ2n) is 6.33. The van der Waals surface area contributed by atoms with Gasteiger partial charge in [0.05, 0.1) is 23.4 Å². The first-order chi connectivity index (χ1) is 11.6. The Balaban J connectivity index is 1.40. The van der Waals surface area contributed by atoms with E-state index in [0.29, 0.717) is 24.4 Å². The molecule has 8 heteroatoms. The van der Waals surface area contributed by atoms with Crippen molar-refractivity contribution in [3.05, 3.63) is 35.9 Å². The molecule has 2 aromatic heterocycles. The molecule has 2 heterocycles. The van der Waals surface area contributed by atoms with Crippen molar-refractivity contribution in [2.45, 2.75) is 50.9 Å². The lowest BCUT2D eigenvalue weighted by Crippen LogP contribution is -2.39. The summed E-state index contributed by atoms with van der Waals surface area (Å²) < 4.78 is 3.59. The van der Waals surface area contributed by atoms with Gasteiger partial charge in [-0.2, -0.15) is 10.2 Å². The van der Waals surface area contributed by atoms with E-state index >= 15 is 0 Å². The third-order valence-electron chi connectivity index (χ3n) is 4.37. The maximum atomic E-state index is 12.1. The Hall–Kier alpha value is -1.86. The first-order valence-corrected chi connectivity index (χ1v) is 8.61. The zero-order valence-electron chi connectivity index (χ0n) is 13.4. The summed E-state index contributed by atoms with van der Waals surface area (Å²) in [6, 6.07) is 1.68. The minimum atomic E-state index is -0.504. The van der Waals surface area contributed by atoms with Crippen molar-refractivity contribution >= 4 is 17.5 Å². The average molecular weight is 352 g/mol. The van der Waals surface area contributed by atoms with Crippen LogP contribution < -0.4 is 5.32 Å². The highest BCUT2D eigenvalue weighted by Crippen LogP contribution is 2.27. The number of amides is 1. The number of carbonyl (C=O) groups excluding carboxylic acids is 1. The molecule has 130 valence electrons. The zero-order chi connectivity index (χ0) is 16.9. The Kier molecular flexibility index (Phi) is 5.52. The number of halogens is 1. The summed E-state index contributed by atoms with van der Waals surface area (Å²) >= 11 is 5.86. The molecule has 7 nitrogen and oxygen atoms in total. The minimum absolute atomic E-state index is 0.0195. The van der Waals surface area contributed by atoms with Crippen molar-refractivity contribution in [1.29, 1.82) is 0 Å². The molecule has 0 radical (unpaired) electrons. The van der Waals surface area contributed by atoms with Crippen molar-refractivity contribution in [1.82, 2.24) is 24.9 Å². The lowest BCUT2D eigenvalue weighted by molar-refractivity contribution is -0.122. The fraction of sp³-hybridized carbons (Fsp3) is 0.562. The summed E-state index contributed by atoms with van der Waals surface area (Å²) in [5, 5.41) is 22.0. The fourth-order valence-electron chi connectivity index (χ4n) is 3.24. The predicted octanol–water partition coefficient (Wildman–Crippen LogP) is 1.47. The summed E-state index contributed by atoms with van der Waals surface area (Å²) in [5.41, 5.74) is 0. The fourth-order valence-corrected chi connectivity index (χ4v) is 3.39. The van der Waals surface area contributed by atoms with E-state index in [-0.39, 0.29) is 17.9 Å². The van der Waals surface area contributed by atoms with Crippen LogP contribution >= 0.6 is 11.6 Å².